The van der Waals surface area contributed by atoms with Gasteiger partial charge in [0.15, 0.2) is 0 Å². The summed E-state index contributed by atoms with van der Waals surface area (Å²) in [6, 6.07) is 8.25. The van der Waals surface area contributed by atoms with E-state index in [9.17, 15) is 4.79 Å². The van der Waals surface area contributed by atoms with Crippen molar-refractivity contribution < 1.29 is 9.53 Å². The van der Waals surface area contributed by atoms with E-state index in [0.29, 0.717) is 5.92 Å². The van der Waals surface area contributed by atoms with Crippen molar-refractivity contribution in [2.24, 2.45) is 11.8 Å². The van der Waals surface area contributed by atoms with Crippen molar-refractivity contribution in [3.63, 3.8) is 0 Å². The highest BCUT2D eigenvalue weighted by Gasteiger charge is 2.31. The molecule has 5 nitrogen and oxygen atoms in total. The number of carbonyl (C=O) groups is 1. The third-order valence-electron chi connectivity index (χ3n) is 5.09. The summed E-state index contributed by atoms with van der Waals surface area (Å²) in [5.74, 6) is 1.34. The van der Waals surface area contributed by atoms with E-state index in [1.54, 1.807) is 18.4 Å². The lowest BCUT2D eigenvalue weighted by Gasteiger charge is -2.37. The number of hydrogen-bond donors (Lipinski definition) is 1. The van der Waals surface area contributed by atoms with E-state index in [0.717, 1.165) is 43.2 Å². The van der Waals surface area contributed by atoms with Crippen LogP contribution < -0.4 is 10.1 Å². The zero-order chi connectivity index (χ0) is 19.2. The van der Waals surface area contributed by atoms with Crippen LogP contribution in [0.25, 0.3) is 0 Å². The van der Waals surface area contributed by atoms with Crippen LogP contribution in [0.4, 0.5) is 0 Å². The van der Waals surface area contributed by atoms with E-state index in [-0.39, 0.29) is 17.9 Å². The van der Waals surface area contributed by atoms with Crippen molar-refractivity contribution in [1.82, 2.24) is 15.2 Å². The lowest BCUT2D eigenvalue weighted by molar-refractivity contribution is -0.125. The largest absolute Gasteiger partial charge is 0.497 e. The summed E-state index contributed by atoms with van der Waals surface area (Å²) in [5.41, 5.74) is 1.26. The van der Waals surface area contributed by atoms with Gasteiger partial charge < -0.3 is 10.1 Å². The highest BCUT2D eigenvalue weighted by molar-refractivity contribution is 7.09. The summed E-state index contributed by atoms with van der Waals surface area (Å²) in [5, 5.41) is 6.25. The third-order valence-corrected chi connectivity index (χ3v) is 5.95. The zero-order valence-corrected chi connectivity index (χ0v) is 17.2. The predicted molar refractivity (Wildman–Crippen MR) is 109 cm³/mol. The van der Waals surface area contributed by atoms with E-state index in [2.05, 4.69) is 27.3 Å². The van der Waals surface area contributed by atoms with Gasteiger partial charge in [0, 0.05) is 30.6 Å². The van der Waals surface area contributed by atoms with Gasteiger partial charge in [-0.2, -0.15) is 0 Å². The van der Waals surface area contributed by atoms with E-state index in [1.807, 2.05) is 37.6 Å². The molecule has 27 heavy (non-hydrogen) atoms. The Balaban J connectivity index is 1.70. The van der Waals surface area contributed by atoms with E-state index < -0.39 is 0 Å². The van der Waals surface area contributed by atoms with Crippen LogP contribution in [0.1, 0.15) is 43.3 Å². The van der Waals surface area contributed by atoms with Crippen LogP contribution in [0.3, 0.4) is 0 Å². The van der Waals surface area contributed by atoms with Gasteiger partial charge in [-0.05, 0) is 43.0 Å². The number of likely N-dealkylation sites (tertiary alicyclic amines) is 1. The molecule has 0 radical (unpaired) electrons. The minimum Gasteiger partial charge on any atom is -0.497 e. The maximum atomic E-state index is 12.4. The minimum atomic E-state index is -0.0241. The van der Waals surface area contributed by atoms with E-state index in [4.69, 9.17) is 4.74 Å². The molecule has 0 spiro atoms. The Bertz CT molecular complexity index is 733. The Morgan fingerprint density at radius 1 is 1.44 bits per heavy atom. The Morgan fingerprint density at radius 2 is 2.30 bits per heavy atom. The van der Waals surface area contributed by atoms with Gasteiger partial charge in [-0.3, -0.25) is 9.69 Å². The van der Waals surface area contributed by atoms with Crippen molar-refractivity contribution in [2.75, 3.05) is 20.2 Å². The fourth-order valence-corrected chi connectivity index (χ4v) is 4.41. The normalized spacial score (nSPS) is 19.0. The Kier molecular flexibility index (Phi) is 6.85. The molecule has 2 aromatic rings. The second kappa shape index (κ2) is 9.33. The van der Waals surface area contributed by atoms with Gasteiger partial charge in [0.2, 0.25) is 5.91 Å². The second-order valence-corrected chi connectivity index (χ2v) is 8.43. The molecule has 146 valence electrons. The quantitative estimate of drug-likeness (QED) is 0.783. The number of benzene rings is 1. The topological polar surface area (TPSA) is 54.5 Å². The van der Waals surface area contributed by atoms with Gasteiger partial charge in [-0.15, -0.1) is 11.3 Å². The summed E-state index contributed by atoms with van der Waals surface area (Å²) in [6.45, 7) is 6.81. The van der Waals surface area contributed by atoms with Crippen molar-refractivity contribution in [3.8, 4) is 5.75 Å². The third kappa shape index (κ3) is 5.30. The first-order chi connectivity index (χ1) is 13.1. The molecule has 3 rings (SSSR count). The number of rotatable bonds is 7. The first kappa shape index (κ1) is 19.8. The molecule has 1 saturated heterocycles. The lowest BCUT2D eigenvalue weighted by atomic mass is 9.90. The van der Waals surface area contributed by atoms with Gasteiger partial charge in [0.05, 0.1) is 13.2 Å². The molecule has 0 aliphatic carbocycles. The van der Waals surface area contributed by atoms with E-state index in [1.165, 1.54) is 5.56 Å². The Labute approximate surface area is 165 Å². The minimum absolute atomic E-state index is 0.00647. The van der Waals surface area contributed by atoms with Gasteiger partial charge >= 0.3 is 0 Å². The molecule has 1 fully saturated rings. The van der Waals surface area contributed by atoms with Crippen molar-refractivity contribution in [1.29, 1.82) is 0 Å². The summed E-state index contributed by atoms with van der Waals surface area (Å²) in [7, 11) is 1.70. The van der Waals surface area contributed by atoms with Crippen LogP contribution in [-0.4, -0.2) is 36.0 Å². The van der Waals surface area contributed by atoms with Gasteiger partial charge in [0.25, 0.3) is 0 Å². The molecule has 1 aromatic heterocycles. The standard InChI is InChI=1S/C21H29N3O2S/c1-15(2)20(25)23-19(21-22-9-11-27-21)17-7-5-10-24(14-17)13-16-6-4-8-18(12-16)26-3/h4,6,8-9,11-12,15,17,19H,5,7,10,13-14H2,1-3H3,(H,23,25). The smallest absolute Gasteiger partial charge is 0.223 e. The monoisotopic (exact) mass is 387 g/mol. The fraction of sp³-hybridized carbons (Fsp3) is 0.524. The number of piperidine rings is 1. The fourth-order valence-electron chi connectivity index (χ4n) is 3.63. The van der Waals surface area contributed by atoms with Crippen LogP contribution in [0.5, 0.6) is 5.75 Å². The molecule has 2 heterocycles. The summed E-state index contributed by atoms with van der Waals surface area (Å²) < 4.78 is 5.35. The first-order valence-electron chi connectivity index (χ1n) is 9.62. The van der Waals surface area contributed by atoms with E-state index >= 15 is 0 Å². The predicted octanol–water partition coefficient (Wildman–Crippen LogP) is 3.88. The maximum Gasteiger partial charge on any atom is 0.223 e. The molecule has 0 saturated carbocycles. The summed E-state index contributed by atoms with van der Waals surface area (Å²) >= 11 is 1.63. The molecular formula is C21H29N3O2S. The second-order valence-electron chi connectivity index (χ2n) is 7.50. The number of ether oxygens (including phenoxy) is 1. The number of hydrogen-bond acceptors (Lipinski definition) is 5. The average molecular weight is 388 g/mol. The van der Waals surface area contributed by atoms with Crippen molar-refractivity contribution in [3.05, 3.63) is 46.4 Å². The van der Waals surface area contributed by atoms with Crippen LogP contribution in [-0.2, 0) is 11.3 Å². The number of amides is 1. The molecule has 2 atom stereocenters. The average Bonchev–Trinajstić information content (AvgIpc) is 3.20. The van der Waals surface area contributed by atoms with Gasteiger partial charge in [-0.25, -0.2) is 4.98 Å². The SMILES string of the molecule is COc1cccc(CN2CCCC(C(NC(=O)C(C)C)c3nccs3)C2)c1. The van der Waals surface area contributed by atoms with Crippen LogP contribution in [0.2, 0.25) is 0 Å². The molecule has 2 unspecified atom stereocenters. The molecule has 1 aliphatic rings. The van der Waals surface area contributed by atoms with Crippen LogP contribution >= 0.6 is 11.3 Å². The number of nitrogens with one attached hydrogen (secondary N) is 1. The number of nitrogens with zero attached hydrogens (tertiary/aromatic N) is 2. The number of thiazole rings is 1. The summed E-state index contributed by atoms with van der Waals surface area (Å²) in [6.07, 6.45) is 4.07. The van der Waals surface area contributed by atoms with Crippen molar-refractivity contribution >= 4 is 17.2 Å². The van der Waals surface area contributed by atoms with Crippen LogP contribution in [0, 0.1) is 11.8 Å². The Hall–Kier alpha value is -1.92. The van der Waals surface area contributed by atoms with Crippen molar-refractivity contribution in [2.45, 2.75) is 39.3 Å². The number of methoxy groups -OCH3 is 1. The lowest BCUT2D eigenvalue weighted by Crippen LogP contribution is -2.43. The summed E-state index contributed by atoms with van der Waals surface area (Å²) in [4.78, 5) is 19.4. The molecule has 1 aromatic carbocycles. The first-order valence-corrected chi connectivity index (χ1v) is 10.5. The number of carbonyl (C=O) groups excluding carboxylic acids is 1. The zero-order valence-electron chi connectivity index (χ0n) is 16.4. The van der Waals surface area contributed by atoms with Gasteiger partial charge in [-0.1, -0.05) is 26.0 Å². The molecule has 0 bridgehead atoms. The highest BCUT2D eigenvalue weighted by Crippen LogP contribution is 2.32. The highest BCUT2D eigenvalue weighted by atomic mass is 32.1. The molecule has 1 N–H and O–H groups in total. The maximum absolute atomic E-state index is 12.4. The number of aromatic nitrogens is 1. The molecule has 6 heteroatoms. The Morgan fingerprint density at radius 3 is 3.00 bits per heavy atom. The molecular weight excluding hydrogens is 358 g/mol. The molecule has 1 aliphatic heterocycles. The van der Waals surface area contributed by atoms with Crippen LogP contribution in [0.15, 0.2) is 35.8 Å². The van der Waals surface area contributed by atoms with Gasteiger partial charge in [0.1, 0.15) is 10.8 Å². The molecule has 1 amide bonds.